The number of carboxylic acids is 2. The van der Waals surface area contributed by atoms with Crippen molar-refractivity contribution in [2.24, 2.45) is 0 Å². The van der Waals surface area contributed by atoms with Crippen LogP contribution in [0.15, 0.2) is 0 Å². The Balaban J connectivity index is -0.0000000405. The molecule has 0 spiro atoms. The SMILES string of the molecule is O=C([O-])C(O)C(O)C(=O)[O-].[Cu].[H-].[K+].[Na+].[Na+]. The van der Waals surface area contributed by atoms with Gasteiger partial charge in [0.25, 0.3) is 0 Å². The largest absolute Gasteiger partial charge is 1.00 e. The van der Waals surface area contributed by atoms with Crippen molar-refractivity contribution in [2.75, 3.05) is 0 Å². The third-order valence-electron chi connectivity index (χ3n) is 0.782. The van der Waals surface area contributed by atoms with Crippen molar-refractivity contribution in [3.8, 4) is 0 Å². The van der Waals surface area contributed by atoms with Gasteiger partial charge in [-0.15, -0.1) is 0 Å². The second-order valence-electron chi connectivity index (χ2n) is 1.53. The van der Waals surface area contributed by atoms with Gasteiger partial charge in [-0.3, -0.25) is 0 Å². The molecule has 14 heavy (non-hydrogen) atoms. The van der Waals surface area contributed by atoms with Gasteiger partial charge >= 0.3 is 110 Å². The summed E-state index contributed by atoms with van der Waals surface area (Å²) in [5, 5.41) is 35.7. The van der Waals surface area contributed by atoms with Gasteiger partial charge in [0.1, 0.15) is 12.2 Å². The number of hydrogen-bond acceptors (Lipinski definition) is 6. The second kappa shape index (κ2) is 16.0. The van der Waals surface area contributed by atoms with Crippen LogP contribution in [0.4, 0.5) is 0 Å². The zero-order chi connectivity index (χ0) is 8.31. The Morgan fingerprint density at radius 3 is 1.21 bits per heavy atom. The minimum Gasteiger partial charge on any atom is -1.00 e. The topological polar surface area (TPSA) is 121 Å². The molecule has 2 N–H and O–H groups in total. The average molecular weight is 298 g/mol. The third-order valence-corrected chi connectivity index (χ3v) is 0.782. The van der Waals surface area contributed by atoms with Crippen molar-refractivity contribution in [2.45, 2.75) is 12.2 Å². The van der Waals surface area contributed by atoms with Crippen molar-refractivity contribution in [1.29, 1.82) is 0 Å². The molecule has 0 rings (SSSR count). The Morgan fingerprint density at radius 1 is 1.00 bits per heavy atom. The standard InChI is InChI=1S/C4H6O6.Cu.K.2Na.H/c5-1(3(7)8)2(6)4(9)10;;;;;/h1-2,5-6H,(H,7,8)(H,9,10);;;;;/q;;3*+1;-1/p-2. The molecule has 1 radical (unpaired) electrons. The fraction of sp³-hybridized carbons (Fsp3) is 0.500. The molecule has 10 heteroatoms. The maximum absolute atomic E-state index is 9.63. The molecule has 6 nitrogen and oxygen atoms in total. The van der Waals surface area contributed by atoms with Crippen molar-refractivity contribution >= 4 is 11.9 Å². The first-order valence-corrected chi connectivity index (χ1v) is 2.24. The molecule has 0 bridgehead atoms. The Bertz CT molecular complexity index is 157. The van der Waals surface area contributed by atoms with Crippen LogP contribution in [-0.2, 0) is 26.7 Å². The van der Waals surface area contributed by atoms with Gasteiger partial charge in [0.15, 0.2) is 0 Å². The zero-order valence-corrected chi connectivity index (χ0v) is 16.0. The molecular formula is C4H5CuKNa2O6. The van der Waals surface area contributed by atoms with Crippen LogP contribution in [0.2, 0.25) is 0 Å². The molecule has 0 aliphatic heterocycles. The van der Waals surface area contributed by atoms with Crippen LogP contribution >= 0.6 is 0 Å². The number of rotatable bonds is 3. The molecule has 0 aliphatic carbocycles. The predicted octanol–water partition coefficient (Wildman–Crippen LogP) is -13.7. The minimum absolute atomic E-state index is 0. The van der Waals surface area contributed by atoms with Gasteiger partial charge in [-0.05, 0) is 0 Å². The number of carbonyl (C=O) groups is 2. The monoisotopic (exact) mass is 297 g/mol. The number of carbonyl (C=O) groups excluding carboxylic acids is 2. The molecule has 0 aromatic carbocycles. The van der Waals surface area contributed by atoms with Crippen molar-refractivity contribution in [1.82, 2.24) is 0 Å². The molecule has 2 atom stereocenters. The van der Waals surface area contributed by atoms with Crippen LogP contribution < -0.4 is 121 Å². The Hall–Kier alpha value is 3.02. The fourth-order valence-electron chi connectivity index (χ4n) is 0.258. The summed E-state index contributed by atoms with van der Waals surface area (Å²) in [6, 6.07) is 0. The van der Waals surface area contributed by atoms with Gasteiger partial charge in [-0.2, -0.15) is 0 Å². The van der Waals surface area contributed by atoms with E-state index in [4.69, 9.17) is 10.2 Å². The molecule has 0 fully saturated rings. The van der Waals surface area contributed by atoms with E-state index in [1.54, 1.807) is 0 Å². The van der Waals surface area contributed by atoms with Crippen LogP contribution in [0.3, 0.4) is 0 Å². The number of aliphatic hydroxyl groups excluding tert-OH is 2. The number of aliphatic carboxylic acids is 2. The molecule has 0 aliphatic rings. The molecule has 0 aromatic heterocycles. The van der Waals surface area contributed by atoms with E-state index in [2.05, 4.69) is 0 Å². The summed E-state index contributed by atoms with van der Waals surface area (Å²) in [7, 11) is 0. The van der Waals surface area contributed by atoms with Crippen molar-refractivity contribution < 1.29 is 159 Å². The Labute approximate surface area is 179 Å². The number of aliphatic hydroxyl groups is 2. The maximum atomic E-state index is 9.63. The van der Waals surface area contributed by atoms with E-state index in [-0.39, 0.29) is 129 Å². The second-order valence-corrected chi connectivity index (χ2v) is 1.53. The van der Waals surface area contributed by atoms with Gasteiger partial charge in [0, 0.05) is 17.1 Å². The van der Waals surface area contributed by atoms with Gasteiger partial charge in [-0.25, -0.2) is 0 Å². The van der Waals surface area contributed by atoms with Crippen LogP contribution in [0.1, 0.15) is 1.43 Å². The maximum Gasteiger partial charge on any atom is 1.00 e. The van der Waals surface area contributed by atoms with E-state index >= 15 is 0 Å². The molecule has 0 aromatic rings. The van der Waals surface area contributed by atoms with Crippen molar-refractivity contribution in [3.63, 3.8) is 0 Å². The van der Waals surface area contributed by atoms with Crippen LogP contribution in [0, 0.1) is 0 Å². The van der Waals surface area contributed by atoms with E-state index in [0.717, 1.165) is 0 Å². The van der Waals surface area contributed by atoms with E-state index in [9.17, 15) is 19.8 Å². The fourth-order valence-corrected chi connectivity index (χ4v) is 0.258. The Kier molecular flexibility index (Phi) is 34.6. The van der Waals surface area contributed by atoms with E-state index < -0.39 is 24.1 Å². The quantitative estimate of drug-likeness (QED) is 0.499. The number of hydrogen-bond donors (Lipinski definition) is 2. The van der Waals surface area contributed by atoms with Gasteiger partial charge < -0.3 is 31.4 Å². The van der Waals surface area contributed by atoms with Crippen LogP contribution in [0.25, 0.3) is 0 Å². The summed E-state index contributed by atoms with van der Waals surface area (Å²) in [6.07, 6.45) is -4.88. The van der Waals surface area contributed by atoms with E-state index in [1.165, 1.54) is 0 Å². The molecule has 0 heterocycles. The van der Waals surface area contributed by atoms with Crippen LogP contribution in [0.5, 0.6) is 0 Å². The first-order chi connectivity index (χ1) is 4.46. The van der Waals surface area contributed by atoms with Gasteiger partial charge in [0.05, 0.1) is 11.9 Å². The average Bonchev–Trinajstić information content (AvgIpc) is 1.84. The summed E-state index contributed by atoms with van der Waals surface area (Å²) >= 11 is 0. The summed E-state index contributed by atoms with van der Waals surface area (Å²) in [4.78, 5) is 19.3. The molecule has 71 valence electrons. The molecular weight excluding hydrogens is 293 g/mol. The summed E-state index contributed by atoms with van der Waals surface area (Å²) in [6.45, 7) is 0. The number of carboxylic acid groups (broad SMARTS) is 2. The summed E-state index contributed by atoms with van der Waals surface area (Å²) < 4.78 is 0. The molecule has 0 saturated carbocycles. The molecule has 2 unspecified atom stereocenters. The van der Waals surface area contributed by atoms with Gasteiger partial charge in [0.2, 0.25) is 0 Å². The smallest absolute Gasteiger partial charge is 1.00 e. The van der Waals surface area contributed by atoms with Gasteiger partial charge in [-0.1, -0.05) is 0 Å². The predicted molar refractivity (Wildman–Crippen MR) is 23.1 cm³/mol. The van der Waals surface area contributed by atoms with E-state index in [0.29, 0.717) is 0 Å². The zero-order valence-electron chi connectivity index (χ0n) is 8.98. The summed E-state index contributed by atoms with van der Waals surface area (Å²) in [5.41, 5.74) is 0. The molecule has 0 amide bonds. The molecule has 0 saturated heterocycles. The Morgan fingerprint density at radius 2 is 1.14 bits per heavy atom. The third kappa shape index (κ3) is 13.1. The first-order valence-electron chi connectivity index (χ1n) is 2.24. The summed E-state index contributed by atoms with van der Waals surface area (Å²) in [5.74, 6) is -4.12. The minimum atomic E-state index is -2.44. The van der Waals surface area contributed by atoms with Crippen LogP contribution in [-0.4, -0.2) is 34.4 Å². The first kappa shape index (κ1) is 30.2. The van der Waals surface area contributed by atoms with E-state index in [1.807, 2.05) is 0 Å². The van der Waals surface area contributed by atoms with Crippen molar-refractivity contribution in [3.05, 3.63) is 0 Å². The normalized spacial score (nSPS) is 11.3.